The van der Waals surface area contributed by atoms with Crippen LogP contribution in [0.25, 0.3) is 0 Å². The van der Waals surface area contributed by atoms with Gasteiger partial charge in [0.05, 0.1) is 11.1 Å². The Bertz CT molecular complexity index is 798. The molecule has 122 valence electrons. The number of anilines is 2. The summed E-state index contributed by atoms with van der Waals surface area (Å²) in [5.74, 6) is 0.433. The number of benzene rings is 2. The van der Waals surface area contributed by atoms with Crippen LogP contribution in [-0.2, 0) is 15.0 Å². The van der Waals surface area contributed by atoms with Gasteiger partial charge in [0.25, 0.3) is 5.91 Å². The maximum atomic E-state index is 12.9. The van der Waals surface area contributed by atoms with Crippen molar-refractivity contribution in [2.45, 2.75) is 24.7 Å². The molecule has 2 aromatic rings. The Hall–Kier alpha value is -2.82. The molecule has 0 saturated heterocycles. The lowest BCUT2D eigenvalue weighted by molar-refractivity contribution is -0.124. The minimum absolute atomic E-state index is 0.00274. The molecule has 2 aliphatic rings. The average Bonchev–Trinajstić information content (AvgIpc) is 2.54. The Balaban J connectivity index is 1.58. The van der Waals surface area contributed by atoms with Crippen molar-refractivity contribution in [3.8, 4) is 5.75 Å². The van der Waals surface area contributed by atoms with Gasteiger partial charge in [-0.1, -0.05) is 36.8 Å². The Morgan fingerprint density at radius 1 is 1.12 bits per heavy atom. The van der Waals surface area contributed by atoms with E-state index in [0.717, 1.165) is 24.8 Å². The lowest BCUT2D eigenvalue weighted by atomic mass is 9.64. The van der Waals surface area contributed by atoms with Gasteiger partial charge in [-0.3, -0.25) is 9.59 Å². The topological polar surface area (TPSA) is 67.4 Å². The third-order valence-electron chi connectivity index (χ3n) is 4.84. The molecule has 2 N–H and O–H groups in total. The molecule has 0 atom stereocenters. The molecule has 0 spiro atoms. The third-order valence-corrected chi connectivity index (χ3v) is 4.84. The first-order valence-electron chi connectivity index (χ1n) is 8.11. The highest BCUT2D eigenvalue weighted by Crippen LogP contribution is 2.44. The summed E-state index contributed by atoms with van der Waals surface area (Å²) in [7, 11) is 0. The van der Waals surface area contributed by atoms with Crippen LogP contribution in [-0.4, -0.2) is 18.4 Å². The van der Waals surface area contributed by atoms with Crippen LogP contribution in [0.15, 0.2) is 48.5 Å². The number of rotatable bonds is 3. The maximum absolute atomic E-state index is 12.9. The molecular weight excluding hydrogens is 304 g/mol. The van der Waals surface area contributed by atoms with Gasteiger partial charge < -0.3 is 15.4 Å². The molecule has 24 heavy (non-hydrogen) atoms. The summed E-state index contributed by atoms with van der Waals surface area (Å²) in [5, 5.41) is 5.76. The fourth-order valence-corrected chi connectivity index (χ4v) is 3.35. The van der Waals surface area contributed by atoms with Crippen molar-refractivity contribution in [3.63, 3.8) is 0 Å². The number of nitrogens with one attached hydrogen (secondary N) is 2. The number of carbonyl (C=O) groups is 2. The molecule has 0 unspecified atom stereocenters. The van der Waals surface area contributed by atoms with E-state index >= 15 is 0 Å². The van der Waals surface area contributed by atoms with Gasteiger partial charge in [0.15, 0.2) is 6.61 Å². The molecule has 5 heteroatoms. The number of ether oxygens (including phenoxy) is 1. The molecule has 2 aromatic carbocycles. The van der Waals surface area contributed by atoms with E-state index in [1.807, 2.05) is 30.3 Å². The number of hydrogen-bond acceptors (Lipinski definition) is 3. The molecule has 1 aliphatic carbocycles. The summed E-state index contributed by atoms with van der Waals surface area (Å²) in [4.78, 5) is 24.4. The second-order valence-electron chi connectivity index (χ2n) is 6.30. The fraction of sp³-hybridized carbons (Fsp3) is 0.263. The monoisotopic (exact) mass is 322 g/mol. The van der Waals surface area contributed by atoms with Crippen LogP contribution in [0.4, 0.5) is 11.4 Å². The molecule has 4 rings (SSSR count). The summed E-state index contributed by atoms with van der Waals surface area (Å²) < 4.78 is 5.34. The van der Waals surface area contributed by atoms with Crippen LogP contribution in [0.2, 0.25) is 0 Å². The van der Waals surface area contributed by atoms with Gasteiger partial charge in [-0.25, -0.2) is 0 Å². The lowest BCUT2D eigenvalue weighted by Gasteiger charge is -2.40. The minimum atomic E-state index is -0.448. The Labute approximate surface area is 140 Å². The van der Waals surface area contributed by atoms with E-state index < -0.39 is 5.41 Å². The predicted molar refractivity (Wildman–Crippen MR) is 91.2 cm³/mol. The van der Waals surface area contributed by atoms with Crippen LogP contribution in [0, 0.1) is 0 Å². The van der Waals surface area contributed by atoms with E-state index in [-0.39, 0.29) is 18.4 Å². The van der Waals surface area contributed by atoms with Crippen molar-refractivity contribution in [1.82, 2.24) is 0 Å². The van der Waals surface area contributed by atoms with Crippen molar-refractivity contribution < 1.29 is 14.3 Å². The third kappa shape index (κ3) is 2.42. The van der Waals surface area contributed by atoms with Gasteiger partial charge in [-0.2, -0.15) is 0 Å². The normalized spacial score (nSPS) is 17.8. The second-order valence-corrected chi connectivity index (χ2v) is 6.30. The largest absolute Gasteiger partial charge is 0.482 e. The van der Waals surface area contributed by atoms with Gasteiger partial charge in [0.1, 0.15) is 5.75 Å². The second kappa shape index (κ2) is 5.67. The van der Waals surface area contributed by atoms with Crippen LogP contribution >= 0.6 is 0 Å². The Morgan fingerprint density at radius 3 is 2.62 bits per heavy atom. The molecule has 2 amide bonds. The van der Waals surface area contributed by atoms with Crippen molar-refractivity contribution in [3.05, 3.63) is 54.1 Å². The molecule has 0 aromatic heterocycles. The van der Waals surface area contributed by atoms with Crippen LogP contribution in [0.1, 0.15) is 24.8 Å². The first-order chi connectivity index (χ1) is 11.7. The number of carbonyl (C=O) groups excluding carboxylic acids is 2. The molecule has 0 radical (unpaired) electrons. The van der Waals surface area contributed by atoms with E-state index in [4.69, 9.17) is 4.74 Å². The van der Waals surface area contributed by atoms with Gasteiger partial charge in [-0.15, -0.1) is 0 Å². The average molecular weight is 322 g/mol. The van der Waals surface area contributed by atoms with E-state index in [9.17, 15) is 9.59 Å². The number of amides is 2. The van der Waals surface area contributed by atoms with E-state index in [0.29, 0.717) is 17.1 Å². The lowest BCUT2D eigenvalue weighted by Crippen LogP contribution is -2.46. The molecule has 1 aliphatic heterocycles. The molecule has 5 nitrogen and oxygen atoms in total. The first kappa shape index (κ1) is 14.8. The highest BCUT2D eigenvalue weighted by molar-refractivity contribution is 6.01. The molecular formula is C19H18N2O3. The smallest absolute Gasteiger partial charge is 0.262 e. The van der Waals surface area contributed by atoms with Crippen LogP contribution < -0.4 is 15.4 Å². The van der Waals surface area contributed by atoms with Crippen LogP contribution in [0.3, 0.4) is 0 Å². The summed E-state index contributed by atoms with van der Waals surface area (Å²) in [5.41, 5.74) is 1.86. The number of hydrogen-bond donors (Lipinski definition) is 2. The maximum Gasteiger partial charge on any atom is 0.262 e. The van der Waals surface area contributed by atoms with Gasteiger partial charge in [0, 0.05) is 5.69 Å². The SMILES string of the molecule is O=C1COc2ccc(NC(=O)C3(c4ccccc4)CCC3)cc2N1. The molecule has 1 saturated carbocycles. The van der Waals surface area contributed by atoms with Crippen LogP contribution in [0.5, 0.6) is 5.75 Å². The summed E-state index contributed by atoms with van der Waals surface area (Å²) >= 11 is 0. The van der Waals surface area contributed by atoms with Crippen molar-refractivity contribution in [2.75, 3.05) is 17.2 Å². The zero-order chi connectivity index (χ0) is 16.6. The van der Waals surface area contributed by atoms with Gasteiger partial charge in [-0.05, 0) is 36.6 Å². The van der Waals surface area contributed by atoms with Crippen molar-refractivity contribution in [2.24, 2.45) is 0 Å². The highest BCUT2D eigenvalue weighted by atomic mass is 16.5. The molecule has 1 heterocycles. The van der Waals surface area contributed by atoms with E-state index in [1.54, 1.807) is 18.2 Å². The van der Waals surface area contributed by atoms with Gasteiger partial charge >= 0.3 is 0 Å². The molecule has 1 fully saturated rings. The Kier molecular flexibility index (Phi) is 3.49. The number of fused-ring (bicyclic) bond motifs is 1. The first-order valence-corrected chi connectivity index (χ1v) is 8.11. The Morgan fingerprint density at radius 2 is 1.92 bits per heavy atom. The van der Waals surface area contributed by atoms with Crippen molar-refractivity contribution in [1.29, 1.82) is 0 Å². The van der Waals surface area contributed by atoms with E-state index in [2.05, 4.69) is 10.6 Å². The zero-order valence-electron chi connectivity index (χ0n) is 13.2. The quantitative estimate of drug-likeness (QED) is 0.912. The fourth-order valence-electron chi connectivity index (χ4n) is 3.35. The summed E-state index contributed by atoms with van der Waals surface area (Å²) in [6.45, 7) is 0.0236. The summed E-state index contributed by atoms with van der Waals surface area (Å²) in [6.07, 6.45) is 2.76. The molecule has 0 bridgehead atoms. The predicted octanol–water partition coefficient (Wildman–Crippen LogP) is 3.08. The van der Waals surface area contributed by atoms with Crippen molar-refractivity contribution >= 4 is 23.2 Å². The summed E-state index contributed by atoms with van der Waals surface area (Å²) in [6, 6.07) is 15.2. The minimum Gasteiger partial charge on any atom is -0.482 e. The zero-order valence-corrected chi connectivity index (χ0v) is 13.2. The van der Waals surface area contributed by atoms with Gasteiger partial charge in [0.2, 0.25) is 5.91 Å². The van der Waals surface area contributed by atoms with E-state index in [1.165, 1.54) is 0 Å². The standard InChI is InChI=1S/C19H18N2O3/c22-17-12-24-16-8-7-14(11-15(16)21-17)20-18(23)19(9-4-10-19)13-5-2-1-3-6-13/h1-3,5-8,11H,4,9-10,12H2,(H,20,23)(H,21,22). The highest BCUT2D eigenvalue weighted by Gasteiger charge is 2.45.